The third-order valence-electron chi connectivity index (χ3n) is 9.26. The summed E-state index contributed by atoms with van der Waals surface area (Å²) in [6, 6.07) is 10.3. The van der Waals surface area contributed by atoms with Crippen molar-refractivity contribution in [3.63, 3.8) is 0 Å². The summed E-state index contributed by atoms with van der Waals surface area (Å²) in [7, 11) is 0. The van der Waals surface area contributed by atoms with E-state index in [4.69, 9.17) is 4.98 Å². The van der Waals surface area contributed by atoms with E-state index in [0.717, 1.165) is 24.3 Å². The van der Waals surface area contributed by atoms with Crippen molar-refractivity contribution >= 4 is 27.6 Å². The van der Waals surface area contributed by atoms with Crippen LogP contribution in [-0.4, -0.2) is 9.38 Å². The molecule has 3 aromatic heterocycles. The molecular formula is C31H40N3+. The zero-order valence-corrected chi connectivity index (χ0v) is 22.1. The highest BCUT2D eigenvalue weighted by atomic mass is 15.2. The maximum absolute atomic E-state index is 5.22. The summed E-state index contributed by atoms with van der Waals surface area (Å²) in [6.07, 6.45) is 9.50. The summed E-state index contributed by atoms with van der Waals surface area (Å²) in [5.41, 5.74) is 11.3. The number of hydrogen-bond acceptors (Lipinski definition) is 1. The quantitative estimate of drug-likeness (QED) is 0.288. The second-order valence-electron chi connectivity index (χ2n) is 12.4. The molecule has 1 aromatic carbocycles. The SMILES string of the molecule is CCC(C)CCc1cc2c3cc1CCC1(C)c4cc(C(C)(C)C)nc5ccn2c(c45)[n+]3C1CC. The molecule has 3 nitrogen and oxygen atoms in total. The van der Waals surface area contributed by atoms with Crippen LogP contribution in [0.1, 0.15) is 103 Å². The number of aryl methyl sites for hydroxylation is 2. The van der Waals surface area contributed by atoms with Gasteiger partial charge in [-0.2, -0.15) is 4.40 Å². The number of aromatic nitrogens is 3. The van der Waals surface area contributed by atoms with Gasteiger partial charge in [-0.25, -0.2) is 4.57 Å². The lowest BCUT2D eigenvalue weighted by molar-refractivity contribution is -0.686. The van der Waals surface area contributed by atoms with Crippen molar-refractivity contribution in [1.82, 2.24) is 9.38 Å². The average Bonchev–Trinajstić information content (AvgIpc) is 3.10. The standard InChI is InChI=1S/C31H40N3/c1-8-19(3)10-11-20-16-24-25-17-21(20)12-14-31(7)22-18-26(30(4,5)6)32-23-13-15-33(24)29(28(22)23)34(25)27(31)9-2/h13,15-19,27H,8-12,14H2,1-7H3/q+1. The summed E-state index contributed by atoms with van der Waals surface area (Å²) in [4.78, 5) is 5.22. The highest BCUT2D eigenvalue weighted by molar-refractivity contribution is 5.98. The molecule has 4 bridgehead atoms. The Balaban J connectivity index is 1.73. The topological polar surface area (TPSA) is 21.2 Å². The first-order valence-corrected chi connectivity index (χ1v) is 13.5. The largest absolute Gasteiger partial charge is 0.297 e. The third-order valence-corrected chi connectivity index (χ3v) is 9.26. The van der Waals surface area contributed by atoms with E-state index in [0.29, 0.717) is 6.04 Å². The zero-order chi connectivity index (χ0) is 24.0. The number of rotatable bonds is 5. The molecule has 0 saturated carbocycles. The Morgan fingerprint density at radius 3 is 2.71 bits per heavy atom. The van der Waals surface area contributed by atoms with Gasteiger partial charge >= 0.3 is 0 Å². The first kappa shape index (κ1) is 22.1. The predicted octanol–water partition coefficient (Wildman–Crippen LogP) is 7.37. The second kappa shape index (κ2) is 7.29. The minimum absolute atomic E-state index is 0.0337. The van der Waals surface area contributed by atoms with Crippen LogP contribution in [0.25, 0.3) is 27.6 Å². The van der Waals surface area contributed by atoms with Gasteiger partial charge in [-0.15, -0.1) is 0 Å². The van der Waals surface area contributed by atoms with Crippen molar-refractivity contribution in [3.8, 4) is 0 Å². The summed E-state index contributed by atoms with van der Waals surface area (Å²) in [6.45, 7) is 16.5. The monoisotopic (exact) mass is 454 g/mol. The molecule has 0 spiro atoms. The van der Waals surface area contributed by atoms with Gasteiger partial charge in [0.2, 0.25) is 0 Å². The van der Waals surface area contributed by atoms with Crippen LogP contribution in [0.2, 0.25) is 0 Å². The molecule has 0 fully saturated rings. The third kappa shape index (κ3) is 2.88. The van der Waals surface area contributed by atoms with Crippen molar-refractivity contribution in [2.45, 2.75) is 104 Å². The molecule has 0 amide bonds. The Labute approximate surface area is 204 Å². The fourth-order valence-electron chi connectivity index (χ4n) is 6.87. The van der Waals surface area contributed by atoms with E-state index in [9.17, 15) is 0 Å². The molecule has 4 aromatic rings. The Kier molecular flexibility index (Phi) is 4.73. The van der Waals surface area contributed by atoms with Crippen molar-refractivity contribution < 1.29 is 4.57 Å². The molecule has 3 unspecified atom stereocenters. The van der Waals surface area contributed by atoms with Gasteiger partial charge in [0.25, 0.3) is 5.65 Å². The van der Waals surface area contributed by atoms with Gasteiger partial charge < -0.3 is 0 Å². The van der Waals surface area contributed by atoms with E-state index in [1.807, 2.05) is 0 Å². The molecule has 2 aliphatic rings. The van der Waals surface area contributed by atoms with Crippen LogP contribution < -0.4 is 4.57 Å². The predicted molar refractivity (Wildman–Crippen MR) is 142 cm³/mol. The molecule has 3 atom stereocenters. The fourth-order valence-corrected chi connectivity index (χ4v) is 6.87. The molecule has 2 aliphatic heterocycles. The first-order valence-electron chi connectivity index (χ1n) is 13.5. The minimum atomic E-state index is 0.0337. The summed E-state index contributed by atoms with van der Waals surface area (Å²) < 4.78 is 5.17. The van der Waals surface area contributed by atoms with Crippen LogP contribution in [0.5, 0.6) is 0 Å². The highest BCUT2D eigenvalue weighted by Gasteiger charge is 2.48. The smallest absolute Gasteiger partial charge is 0.252 e. The summed E-state index contributed by atoms with van der Waals surface area (Å²) in [5.74, 6) is 0.779. The van der Waals surface area contributed by atoms with Crippen LogP contribution in [-0.2, 0) is 23.7 Å². The van der Waals surface area contributed by atoms with Gasteiger partial charge in [0.15, 0.2) is 11.0 Å². The number of hydrogen-bond donors (Lipinski definition) is 0. The number of nitrogens with zero attached hydrogens (tertiary/aromatic N) is 3. The van der Waals surface area contributed by atoms with E-state index in [1.54, 1.807) is 11.1 Å². The molecule has 0 radical (unpaired) electrons. The van der Waals surface area contributed by atoms with Crippen molar-refractivity contribution in [1.29, 1.82) is 0 Å². The molecule has 178 valence electrons. The van der Waals surface area contributed by atoms with E-state index in [-0.39, 0.29) is 10.8 Å². The maximum atomic E-state index is 5.22. The van der Waals surface area contributed by atoms with Gasteiger partial charge in [0.05, 0.1) is 17.1 Å². The van der Waals surface area contributed by atoms with E-state index < -0.39 is 0 Å². The van der Waals surface area contributed by atoms with Gasteiger partial charge in [0.1, 0.15) is 6.04 Å². The van der Waals surface area contributed by atoms with Crippen LogP contribution in [0, 0.1) is 5.92 Å². The van der Waals surface area contributed by atoms with Crippen molar-refractivity contribution in [3.05, 3.63) is 52.8 Å². The maximum Gasteiger partial charge on any atom is 0.297 e. The summed E-state index contributed by atoms with van der Waals surface area (Å²) in [5, 5.41) is 1.38. The van der Waals surface area contributed by atoms with Crippen LogP contribution in [0.3, 0.4) is 0 Å². The molecule has 0 N–H and O–H groups in total. The lowest BCUT2D eigenvalue weighted by atomic mass is 9.67. The Bertz CT molecular complexity index is 1450. The molecule has 3 heteroatoms. The lowest BCUT2D eigenvalue weighted by Gasteiger charge is -2.41. The van der Waals surface area contributed by atoms with Crippen molar-refractivity contribution in [2.75, 3.05) is 0 Å². The van der Waals surface area contributed by atoms with Crippen LogP contribution in [0.4, 0.5) is 0 Å². The molecular weight excluding hydrogens is 414 g/mol. The molecule has 5 heterocycles. The number of pyridine rings is 2. The van der Waals surface area contributed by atoms with E-state index >= 15 is 0 Å². The number of fused-ring (bicyclic) bond motifs is 4. The molecule has 0 aliphatic carbocycles. The summed E-state index contributed by atoms with van der Waals surface area (Å²) >= 11 is 0. The van der Waals surface area contributed by atoms with Gasteiger partial charge in [0, 0.05) is 22.6 Å². The number of imidazole rings is 1. The van der Waals surface area contributed by atoms with Crippen molar-refractivity contribution in [2.24, 2.45) is 5.92 Å². The molecule has 0 saturated heterocycles. The first-order chi connectivity index (χ1) is 16.2. The van der Waals surface area contributed by atoms with Gasteiger partial charge in [-0.05, 0) is 72.9 Å². The van der Waals surface area contributed by atoms with E-state index in [2.05, 4.69) is 87.9 Å². The van der Waals surface area contributed by atoms with Gasteiger partial charge in [-0.3, -0.25) is 4.98 Å². The molecule has 6 rings (SSSR count). The fraction of sp³-hybridized carbons (Fsp3) is 0.548. The normalized spacial score (nSPS) is 22.5. The average molecular weight is 455 g/mol. The van der Waals surface area contributed by atoms with E-state index in [1.165, 1.54) is 59.0 Å². The van der Waals surface area contributed by atoms with Gasteiger partial charge in [-0.1, -0.05) is 54.9 Å². The lowest BCUT2D eigenvalue weighted by Crippen LogP contribution is -2.53. The Hall–Kier alpha value is -2.42. The second-order valence-corrected chi connectivity index (χ2v) is 12.4. The zero-order valence-electron chi connectivity index (χ0n) is 22.1. The Morgan fingerprint density at radius 2 is 2.00 bits per heavy atom. The number of benzene rings is 1. The Morgan fingerprint density at radius 1 is 1.21 bits per heavy atom. The highest BCUT2D eigenvalue weighted by Crippen LogP contribution is 2.49. The van der Waals surface area contributed by atoms with Crippen LogP contribution in [0.15, 0.2) is 30.5 Å². The van der Waals surface area contributed by atoms with Crippen LogP contribution >= 0.6 is 0 Å². The molecule has 34 heavy (non-hydrogen) atoms. The minimum Gasteiger partial charge on any atom is -0.252 e.